The third-order valence-corrected chi connectivity index (χ3v) is 11.3. The molecular formula is C55H37N7. The topological polar surface area (TPSA) is 82.3 Å². The van der Waals surface area contributed by atoms with Crippen molar-refractivity contribution in [2.45, 2.75) is 6.92 Å². The second kappa shape index (κ2) is 15.6. The number of aromatic nitrogens is 7. The minimum Gasteiger partial charge on any atom is -0.308 e. The normalized spacial score (nSPS) is 11.3. The standard InChI is InChI=1S/C55H37N7/c1-36-19-14-15-28-42(36)41-33-34-48-46(35-41)43-29-16-17-32-47(43)62(48)49-44(54-58-50(37-20-6-2-7-21-37)56-51(59-54)38-22-8-3-9-23-38)30-18-31-45(49)55-60-52(39-24-10-4-11-25-39)57-53(61-55)40-26-12-5-13-27-40/h2-35H,1H3. The van der Waals surface area contributed by atoms with E-state index in [1.165, 1.54) is 11.1 Å². The molecule has 0 amide bonds. The second-order valence-electron chi connectivity index (χ2n) is 15.2. The van der Waals surface area contributed by atoms with E-state index in [0.717, 1.165) is 66.4 Å². The van der Waals surface area contributed by atoms with Gasteiger partial charge < -0.3 is 4.57 Å². The van der Waals surface area contributed by atoms with Crippen molar-refractivity contribution in [2.24, 2.45) is 0 Å². The van der Waals surface area contributed by atoms with Crippen LogP contribution in [0.5, 0.6) is 0 Å². The average molecular weight is 796 g/mol. The van der Waals surface area contributed by atoms with E-state index in [-0.39, 0.29) is 0 Å². The lowest BCUT2D eigenvalue weighted by Crippen LogP contribution is -2.07. The Hall–Kier alpha value is -8.42. The molecule has 7 nitrogen and oxygen atoms in total. The summed E-state index contributed by atoms with van der Waals surface area (Å²) < 4.78 is 2.33. The lowest BCUT2D eigenvalue weighted by molar-refractivity contribution is 1.05. The van der Waals surface area contributed by atoms with E-state index in [4.69, 9.17) is 29.9 Å². The Labute approximate surface area is 358 Å². The van der Waals surface area contributed by atoms with E-state index in [9.17, 15) is 0 Å². The maximum atomic E-state index is 5.27. The molecule has 3 heterocycles. The molecule has 0 unspecified atom stereocenters. The third-order valence-electron chi connectivity index (χ3n) is 11.3. The predicted octanol–water partition coefficient (Wildman–Crippen LogP) is 13.1. The molecule has 8 aromatic carbocycles. The van der Waals surface area contributed by atoms with Crippen LogP contribution in [0.3, 0.4) is 0 Å². The monoisotopic (exact) mass is 795 g/mol. The van der Waals surface area contributed by atoms with Crippen molar-refractivity contribution in [1.82, 2.24) is 34.5 Å². The Morgan fingerprint density at radius 1 is 0.290 bits per heavy atom. The Balaban J connectivity index is 1.25. The first-order valence-electron chi connectivity index (χ1n) is 20.6. The summed E-state index contributed by atoms with van der Waals surface area (Å²) in [7, 11) is 0. The number of para-hydroxylation sites is 2. The van der Waals surface area contributed by atoms with Crippen LogP contribution >= 0.6 is 0 Å². The molecule has 0 saturated carbocycles. The summed E-state index contributed by atoms with van der Waals surface area (Å²) in [6, 6.07) is 70.4. The van der Waals surface area contributed by atoms with Crippen LogP contribution in [0, 0.1) is 6.92 Å². The Morgan fingerprint density at radius 3 is 1.16 bits per heavy atom. The zero-order chi connectivity index (χ0) is 41.4. The van der Waals surface area contributed by atoms with E-state index in [0.29, 0.717) is 34.9 Å². The van der Waals surface area contributed by atoms with Crippen LogP contribution in [0.15, 0.2) is 206 Å². The minimum absolute atomic E-state index is 0.526. The van der Waals surface area contributed by atoms with Crippen molar-refractivity contribution in [3.05, 3.63) is 212 Å². The molecule has 11 rings (SSSR count). The fraction of sp³-hybridized carbons (Fsp3) is 0.0182. The second-order valence-corrected chi connectivity index (χ2v) is 15.2. The fourth-order valence-electron chi connectivity index (χ4n) is 8.28. The van der Waals surface area contributed by atoms with Gasteiger partial charge in [-0.1, -0.05) is 176 Å². The summed E-state index contributed by atoms with van der Waals surface area (Å²) in [5, 5.41) is 2.24. The zero-order valence-electron chi connectivity index (χ0n) is 33.8. The van der Waals surface area contributed by atoms with Crippen LogP contribution < -0.4 is 0 Å². The molecule has 0 spiro atoms. The van der Waals surface area contributed by atoms with Gasteiger partial charge in [0, 0.05) is 44.2 Å². The molecule has 0 aliphatic heterocycles. The molecular weight excluding hydrogens is 759 g/mol. The van der Waals surface area contributed by atoms with Gasteiger partial charge >= 0.3 is 0 Å². The van der Waals surface area contributed by atoms with E-state index >= 15 is 0 Å². The van der Waals surface area contributed by atoms with Crippen molar-refractivity contribution in [3.63, 3.8) is 0 Å². The minimum atomic E-state index is 0.526. The van der Waals surface area contributed by atoms with Crippen molar-refractivity contribution in [1.29, 1.82) is 0 Å². The largest absolute Gasteiger partial charge is 0.308 e. The first kappa shape index (κ1) is 36.6. The van der Waals surface area contributed by atoms with Crippen LogP contribution in [0.4, 0.5) is 0 Å². The zero-order valence-corrected chi connectivity index (χ0v) is 33.8. The molecule has 0 fully saturated rings. The van der Waals surface area contributed by atoms with Gasteiger partial charge in [0.15, 0.2) is 34.9 Å². The van der Waals surface area contributed by atoms with Gasteiger partial charge in [-0.2, -0.15) is 0 Å². The molecule has 0 aliphatic carbocycles. The van der Waals surface area contributed by atoms with Crippen molar-refractivity contribution in [3.8, 4) is 85.1 Å². The lowest BCUT2D eigenvalue weighted by Gasteiger charge is -2.19. The molecule has 292 valence electrons. The summed E-state index contributed by atoms with van der Waals surface area (Å²) >= 11 is 0. The smallest absolute Gasteiger partial charge is 0.166 e. The summed E-state index contributed by atoms with van der Waals surface area (Å²) in [6.07, 6.45) is 0. The van der Waals surface area contributed by atoms with Gasteiger partial charge in [-0.3, -0.25) is 0 Å². The maximum absolute atomic E-state index is 5.27. The number of rotatable bonds is 8. The summed E-state index contributed by atoms with van der Waals surface area (Å²) in [6.45, 7) is 2.16. The third kappa shape index (κ3) is 6.68. The SMILES string of the molecule is Cc1ccccc1-c1ccc2c(c1)c1ccccc1n2-c1c(-c2nc(-c3ccccc3)nc(-c3ccccc3)n2)cccc1-c1nc(-c2ccccc2)nc(-c2ccccc2)n1. The molecule has 62 heavy (non-hydrogen) atoms. The molecule has 0 radical (unpaired) electrons. The van der Waals surface area contributed by atoms with E-state index in [2.05, 4.69) is 90.4 Å². The first-order valence-corrected chi connectivity index (χ1v) is 20.6. The van der Waals surface area contributed by atoms with Gasteiger partial charge in [-0.25, -0.2) is 29.9 Å². The van der Waals surface area contributed by atoms with Gasteiger partial charge in [0.05, 0.1) is 16.7 Å². The van der Waals surface area contributed by atoms with E-state index in [1.54, 1.807) is 0 Å². The number of hydrogen-bond acceptors (Lipinski definition) is 6. The van der Waals surface area contributed by atoms with Crippen molar-refractivity contribution in [2.75, 3.05) is 0 Å². The van der Waals surface area contributed by atoms with Crippen LogP contribution in [-0.2, 0) is 0 Å². The highest BCUT2D eigenvalue weighted by atomic mass is 15.1. The lowest BCUT2D eigenvalue weighted by atomic mass is 9.99. The molecule has 0 bridgehead atoms. The maximum Gasteiger partial charge on any atom is 0.166 e. The van der Waals surface area contributed by atoms with Crippen LogP contribution in [-0.4, -0.2) is 34.5 Å². The summed E-state index contributed by atoms with van der Waals surface area (Å²) in [5.74, 6) is 3.36. The average Bonchev–Trinajstić information content (AvgIpc) is 3.68. The predicted molar refractivity (Wildman–Crippen MR) is 250 cm³/mol. The number of hydrogen-bond donors (Lipinski definition) is 0. The Morgan fingerprint density at radius 2 is 0.677 bits per heavy atom. The Bertz CT molecular complexity index is 3140. The van der Waals surface area contributed by atoms with Gasteiger partial charge in [0.2, 0.25) is 0 Å². The van der Waals surface area contributed by atoms with Gasteiger partial charge in [-0.05, 0) is 53.9 Å². The van der Waals surface area contributed by atoms with E-state index < -0.39 is 0 Å². The molecule has 7 heteroatoms. The number of benzene rings is 8. The molecule has 0 aliphatic rings. The van der Waals surface area contributed by atoms with Crippen LogP contribution in [0.2, 0.25) is 0 Å². The molecule has 11 aromatic rings. The first-order chi connectivity index (χ1) is 30.7. The highest BCUT2D eigenvalue weighted by Crippen LogP contribution is 2.42. The fourth-order valence-corrected chi connectivity index (χ4v) is 8.28. The quantitative estimate of drug-likeness (QED) is 0.152. The number of aryl methyl sites for hydroxylation is 1. The van der Waals surface area contributed by atoms with E-state index in [1.807, 2.05) is 127 Å². The van der Waals surface area contributed by atoms with Crippen LogP contribution in [0.1, 0.15) is 5.56 Å². The van der Waals surface area contributed by atoms with Crippen molar-refractivity contribution < 1.29 is 0 Å². The summed E-state index contributed by atoms with van der Waals surface area (Å²) in [4.78, 5) is 31.2. The Kier molecular flexibility index (Phi) is 9.24. The van der Waals surface area contributed by atoms with Crippen LogP contribution in [0.25, 0.3) is 107 Å². The highest BCUT2D eigenvalue weighted by Gasteiger charge is 2.25. The van der Waals surface area contributed by atoms with Crippen molar-refractivity contribution >= 4 is 21.8 Å². The highest BCUT2D eigenvalue weighted by molar-refractivity contribution is 6.11. The molecule has 0 atom stereocenters. The van der Waals surface area contributed by atoms with Gasteiger partial charge in [0.25, 0.3) is 0 Å². The summed E-state index contributed by atoms with van der Waals surface area (Å²) in [5.41, 5.74) is 11.6. The molecule has 3 aromatic heterocycles. The number of fused-ring (bicyclic) bond motifs is 3. The van der Waals surface area contributed by atoms with Gasteiger partial charge in [0.1, 0.15) is 0 Å². The van der Waals surface area contributed by atoms with Gasteiger partial charge in [-0.15, -0.1) is 0 Å². The molecule has 0 N–H and O–H groups in total. The number of nitrogens with zero attached hydrogens (tertiary/aromatic N) is 7. The molecule has 0 saturated heterocycles.